The Bertz CT molecular complexity index is 911. The van der Waals surface area contributed by atoms with Gasteiger partial charge in [0, 0.05) is 12.1 Å². The number of rotatable bonds is 13. The van der Waals surface area contributed by atoms with Crippen molar-refractivity contribution in [1.29, 1.82) is 0 Å². The Balaban J connectivity index is 3.65. The summed E-state index contributed by atoms with van der Waals surface area (Å²) in [6.45, 7) is 17.9. The number of aryl methyl sites for hydroxylation is 2. The number of unbranched alkanes of at least 4 members (excludes halogenated alkanes) is 1. The zero-order valence-corrected chi connectivity index (χ0v) is 25.4. The molecule has 0 heterocycles. The van der Waals surface area contributed by atoms with E-state index in [4.69, 9.17) is 4.74 Å². The van der Waals surface area contributed by atoms with Crippen LogP contribution >= 0.6 is 11.8 Å². The van der Waals surface area contributed by atoms with Crippen molar-refractivity contribution in [2.75, 3.05) is 18.6 Å². The number of benzene rings is 1. The van der Waals surface area contributed by atoms with Gasteiger partial charge in [-0.25, -0.2) is 4.79 Å². The van der Waals surface area contributed by atoms with Crippen LogP contribution in [-0.4, -0.2) is 58.5 Å². The Hall–Kier alpha value is -2.22. The molecule has 0 aliphatic rings. The van der Waals surface area contributed by atoms with Crippen LogP contribution in [0.15, 0.2) is 18.2 Å². The van der Waals surface area contributed by atoms with Crippen molar-refractivity contribution in [1.82, 2.24) is 15.5 Å². The van der Waals surface area contributed by atoms with Crippen molar-refractivity contribution in [3.05, 3.63) is 34.9 Å². The van der Waals surface area contributed by atoms with Gasteiger partial charge in [0.25, 0.3) is 0 Å². The number of nitrogens with one attached hydrogen (secondary N) is 2. The molecule has 1 aromatic rings. The molecule has 2 unspecified atom stereocenters. The van der Waals surface area contributed by atoms with Gasteiger partial charge >= 0.3 is 6.09 Å². The molecule has 210 valence electrons. The highest BCUT2D eigenvalue weighted by Gasteiger charge is 2.43. The number of hydrogen-bond acceptors (Lipinski definition) is 5. The molecule has 2 N–H and O–H groups in total. The third-order valence-corrected chi connectivity index (χ3v) is 7.06. The van der Waals surface area contributed by atoms with E-state index in [2.05, 4.69) is 17.6 Å². The van der Waals surface area contributed by atoms with Gasteiger partial charge in [0.2, 0.25) is 11.8 Å². The molecule has 2 atom stereocenters. The maximum atomic E-state index is 14.4. The maximum absolute atomic E-state index is 14.4. The van der Waals surface area contributed by atoms with E-state index in [-0.39, 0.29) is 11.8 Å². The van der Waals surface area contributed by atoms with Crippen molar-refractivity contribution in [2.45, 2.75) is 111 Å². The van der Waals surface area contributed by atoms with E-state index in [9.17, 15) is 14.4 Å². The lowest BCUT2D eigenvalue weighted by Crippen LogP contribution is -2.59. The van der Waals surface area contributed by atoms with Crippen LogP contribution in [0, 0.1) is 13.8 Å². The zero-order valence-electron chi connectivity index (χ0n) is 24.6. The highest BCUT2D eigenvalue weighted by molar-refractivity contribution is 7.98. The molecule has 0 aromatic heterocycles. The lowest BCUT2D eigenvalue weighted by Gasteiger charge is -2.45. The fraction of sp³-hybridized carbons (Fsp3) is 0.690. The van der Waals surface area contributed by atoms with Crippen molar-refractivity contribution in [3.63, 3.8) is 0 Å². The first-order valence-corrected chi connectivity index (χ1v) is 14.7. The molecule has 0 saturated carbocycles. The number of alkyl carbamates (subject to hydrolysis) is 1. The minimum absolute atomic E-state index is 0.210. The van der Waals surface area contributed by atoms with Crippen LogP contribution in [0.3, 0.4) is 0 Å². The second kappa shape index (κ2) is 14.6. The van der Waals surface area contributed by atoms with Crippen LogP contribution < -0.4 is 10.6 Å². The fourth-order valence-corrected chi connectivity index (χ4v) is 4.46. The summed E-state index contributed by atoms with van der Waals surface area (Å²) in [6, 6.07) is 4.32. The van der Waals surface area contributed by atoms with E-state index in [1.54, 1.807) is 37.4 Å². The molecule has 1 aromatic carbocycles. The third-order valence-electron chi connectivity index (χ3n) is 6.42. The van der Waals surface area contributed by atoms with Crippen molar-refractivity contribution in [2.24, 2.45) is 0 Å². The number of ether oxygens (including phenoxy) is 1. The Labute approximate surface area is 228 Å². The molecule has 0 spiro atoms. The fourth-order valence-electron chi connectivity index (χ4n) is 3.99. The SMILES string of the molecule is CCCCNC(=O)C(c1cc(C)ccc1C)N(C(=O)C(CCSC)NC(=O)OC(C)(C)C)C(C)(C)CC. The minimum atomic E-state index is -0.837. The number of carbonyl (C=O) groups is 3. The van der Waals surface area contributed by atoms with E-state index in [0.29, 0.717) is 25.1 Å². The third kappa shape index (κ3) is 10.2. The van der Waals surface area contributed by atoms with Crippen molar-refractivity contribution in [3.8, 4) is 0 Å². The summed E-state index contributed by atoms with van der Waals surface area (Å²) in [4.78, 5) is 42.6. The highest BCUT2D eigenvalue weighted by Crippen LogP contribution is 2.34. The largest absolute Gasteiger partial charge is 0.444 e. The summed E-state index contributed by atoms with van der Waals surface area (Å²) in [6.07, 6.45) is 4.18. The molecule has 0 aliphatic heterocycles. The quantitative estimate of drug-likeness (QED) is 0.306. The number of nitrogens with zero attached hydrogens (tertiary/aromatic N) is 1. The van der Waals surface area contributed by atoms with Crippen LogP contribution in [0.4, 0.5) is 4.79 Å². The molecule has 37 heavy (non-hydrogen) atoms. The number of carbonyl (C=O) groups excluding carboxylic acids is 3. The predicted molar refractivity (Wildman–Crippen MR) is 154 cm³/mol. The van der Waals surface area contributed by atoms with E-state index >= 15 is 0 Å². The van der Waals surface area contributed by atoms with Crippen LogP contribution in [-0.2, 0) is 14.3 Å². The van der Waals surface area contributed by atoms with Gasteiger partial charge in [0.1, 0.15) is 17.7 Å². The second-order valence-corrected chi connectivity index (χ2v) is 12.2. The summed E-state index contributed by atoms with van der Waals surface area (Å²) in [5.74, 6) is 0.171. The van der Waals surface area contributed by atoms with Crippen LogP contribution in [0.2, 0.25) is 0 Å². The van der Waals surface area contributed by atoms with E-state index in [0.717, 1.165) is 29.5 Å². The lowest BCUT2D eigenvalue weighted by molar-refractivity contribution is -0.149. The molecular weight excluding hydrogens is 486 g/mol. The first kappa shape index (κ1) is 32.8. The highest BCUT2D eigenvalue weighted by atomic mass is 32.2. The first-order chi connectivity index (χ1) is 17.2. The van der Waals surface area contributed by atoms with Crippen molar-refractivity contribution >= 4 is 29.7 Å². The summed E-state index contributed by atoms with van der Waals surface area (Å²) in [5, 5.41) is 5.88. The lowest BCUT2D eigenvalue weighted by atomic mass is 9.89. The summed E-state index contributed by atoms with van der Waals surface area (Å²) >= 11 is 1.60. The van der Waals surface area contributed by atoms with Crippen LogP contribution in [0.5, 0.6) is 0 Å². The standard InChI is InChI=1S/C29H49N3O4S/c1-11-13-17-30-25(33)24(22-19-20(3)14-15-21(22)4)32(29(8,9)12-2)26(34)23(16-18-37-10)31-27(35)36-28(5,6)7/h14-15,19,23-24H,11-13,16-18H2,1-10H3,(H,30,33)(H,31,35). The second-order valence-electron chi connectivity index (χ2n) is 11.3. The van der Waals surface area contributed by atoms with Gasteiger partial charge in [0.05, 0.1) is 0 Å². The maximum Gasteiger partial charge on any atom is 0.408 e. The van der Waals surface area contributed by atoms with Gasteiger partial charge in [-0.2, -0.15) is 11.8 Å². The molecule has 1 rings (SSSR count). The Morgan fingerprint density at radius 2 is 1.73 bits per heavy atom. The van der Waals surface area contributed by atoms with Gasteiger partial charge in [-0.3, -0.25) is 9.59 Å². The summed E-state index contributed by atoms with van der Waals surface area (Å²) in [7, 11) is 0. The molecule has 8 heteroatoms. The van der Waals surface area contributed by atoms with E-state index < -0.39 is 29.3 Å². The topological polar surface area (TPSA) is 87.7 Å². The Morgan fingerprint density at radius 3 is 2.27 bits per heavy atom. The summed E-state index contributed by atoms with van der Waals surface area (Å²) in [5.41, 5.74) is 1.39. The molecule has 0 aliphatic carbocycles. The molecule has 0 fully saturated rings. The van der Waals surface area contributed by atoms with Crippen LogP contribution in [0.1, 0.15) is 96.9 Å². The monoisotopic (exact) mass is 535 g/mol. The molecular formula is C29H49N3O4S. The van der Waals surface area contributed by atoms with Gasteiger partial charge in [-0.05, 0) is 90.9 Å². The smallest absolute Gasteiger partial charge is 0.408 e. The van der Waals surface area contributed by atoms with E-state index in [1.165, 1.54) is 0 Å². The Kier molecular flexibility index (Phi) is 13.0. The number of amides is 3. The zero-order chi connectivity index (χ0) is 28.4. The molecule has 0 radical (unpaired) electrons. The van der Waals surface area contributed by atoms with Crippen molar-refractivity contribution < 1.29 is 19.1 Å². The minimum Gasteiger partial charge on any atom is -0.444 e. The number of thioether (sulfide) groups is 1. The summed E-state index contributed by atoms with van der Waals surface area (Å²) < 4.78 is 5.48. The van der Waals surface area contributed by atoms with Crippen LogP contribution in [0.25, 0.3) is 0 Å². The van der Waals surface area contributed by atoms with Gasteiger partial charge in [-0.15, -0.1) is 0 Å². The Morgan fingerprint density at radius 1 is 1.08 bits per heavy atom. The molecule has 3 amide bonds. The van der Waals surface area contributed by atoms with Gasteiger partial charge in [-0.1, -0.05) is 44.0 Å². The normalized spacial score (nSPS) is 13.5. The van der Waals surface area contributed by atoms with Gasteiger partial charge in [0.15, 0.2) is 0 Å². The predicted octanol–water partition coefficient (Wildman–Crippen LogP) is 5.92. The molecule has 7 nitrogen and oxygen atoms in total. The average molecular weight is 536 g/mol. The molecule has 0 bridgehead atoms. The molecule has 0 saturated heterocycles. The number of hydrogen-bond donors (Lipinski definition) is 2. The average Bonchev–Trinajstić information content (AvgIpc) is 2.80. The van der Waals surface area contributed by atoms with Gasteiger partial charge < -0.3 is 20.3 Å². The first-order valence-electron chi connectivity index (χ1n) is 13.3. The van der Waals surface area contributed by atoms with E-state index in [1.807, 2.05) is 59.1 Å².